The molecule has 1 aliphatic rings. The van der Waals surface area contributed by atoms with Crippen molar-refractivity contribution in [1.29, 1.82) is 0 Å². The second-order valence-corrected chi connectivity index (χ2v) is 8.59. The van der Waals surface area contributed by atoms with Gasteiger partial charge in [0.05, 0.1) is 4.90 Å². The van der Waals surface area contributed by atoms with Crippen LogP contribution in [0.1, 0.15) is 49.9 Å². The summed E-state index contributed by atoms with van der Waals surface area (Å²) >= 11 is 0. The first kappa shape index (κ1) is 19.6. The van der Waals surface area contributed by atoms with E-state index >= 15 is 0 Å². The maximum Gasteiger partial charge on any atom is 0.241 e. The molecule has 0 radical (unpaired) electrons. The average molecular weight is 387 g/mol. The van der Waals surface area contributed by atoms with Crippen molar-refractivity contribution < 1.29 is 13.2 Å². The molecule has 1 atom stereocenters. The van der Waals surface area contributed by atoms with E-state index < -0.39 is 10.0 Å². The third-order valence-corrected chi connectivity index (χ3v) is 6.62. The number of fused-ring (bicyclic) bond motifs is 1. The van der Waals surface area contributed by atoms with Gasteiger partial charge in [-0.1, -0.05) is 38.1 Å². The lowest BCUT2D eigenvalue weighted by molar-refractivity contribution is -0.118. The highest BCUT2D eigenvalue weighted by Gasteiger charge is 2.26. The molecular formula is C21H26N2O3S. The normalized spacial score (nSPS) is 14.9. The average Bonchev–Trinajstić information content (AvgIpc) is 3.10. The van der Waals surface area contributed by atoms with Crippen LogP contribution in [0.2, 0.25) is 0 Å². The molecule has 2 aromatic carbocycles. The van der Waals surface area contributed by atoms with Crippen LogP contribution < -0.4 is 9.62 Å². The first-order chi connectivity index (χ1) is 12.9. The number of anilines is 1. The quantitative estimate of drug-likeness (QED) is 0.825. The summed E-state index contributed by atoms with van der Waals surface area (Å²) in [5.74, 6) is 0.0617. The Morgan fingerprint density at radius 2 is 1.85 bits per heavy atom. The number of carbonyl (C=O) groups excluding carboxylic acids is 1. The van der Waals surface area contributed by atoms with Gasteiger partial charge in [0.25, 0.3) is 0 Å². The first-order valence-electron chi connectivity index (χ1n) is 9.40. The van der Waals surface area contributed by atoms with Gasteiger partial charge in [0.2, 0.25) is 15.9 Å². The summed E-state index contributed by atoms with van der Waals surface area (Å²) < 4.78 is 28.4. The van der Waals surface area contributed by atoms with Gasteiger partial charge in [-0.25, -0.2) is 13.1 Å². The second kappa shape index (κ2) is 7.82. The minimum absolute atomic E-state index is 0.0617. The Bertz CT molecular complexity index is 936. The Balaban J connectivity index is 1.80. The van der Waals surface area contributed by atoms with E-state index in [4.69, 9.17) is 0 Å². The van der Waals surface area contributed by atoms with E-state index in [0.29, 0.717) is 19.4 Å². The van der Waals surface area contributed by atoms with Gasteiger partial charge in [0.1, 0.15) is 0 Å². The fourth-order valence-electron chi connectivity index (χ4n) is 3.41. The van der Waals surface area contributed by atoms with Gasteiger partial charge >= 0.3 is 0 Å². The summed E-state index contributed by atoms with van der Waals surface area (Å²) in [6.07, 6.45) is 2.07. The number of aryl methyl sites for hydroxylation is 1. The van der Waals surface area contributed by atoms with Crippen LogP contribution in [0.25, 0.3) is 0 Å². The number of amides is 1. The van der Waals surface area contributed by atoms with E-state index in [1.54, 1.807) is 23.1 Å². The zero-order chi connectivity index (χ0) is 19.6. The molecule has 144 valence electrons. The third kappa shape index (κ3) is 4.06. The minimum atomic E-state index is -3.64. The molecule has 0 aromatic heterocycles. The topological polar surface area (TPSA) is 66.5 Å². The Kier molecular flexibility index (Phi) is 5.67. The van der Waals surface area contributed by atoms with Crippen molar-refractivity contribution in [3.05, 3.63) is 59.2 Å². The maximum atomic E-state index is 12.8. The highest BCUT2D eigenvalue weighted by atomic mass is 32.2. The Labute approximate surface area is 161 Å². The molecular weight excluding hydrogens is 360 g/mol. The first-order valence-corrected chi connectivity index (χ1v) is 10.9. The predicted molar refractivity (Wildman–Crippen MR) is 107 cm³/mol. The number of rotatable bonds is 6. The maximum absolute atomic E-state index is 12.8. The van der Waals surface area contributed by atoms with Crippen LogP contribution in [0.5, 0.6) is 0 Å². The van der Waals surface area contributed by atoms with Crippen LogP contribution in [-0.2, 0) is 27.7 Å². The number of sulfonamides is 1. The highest BCUT2D eigenvalue weighted by Crippen LogP contribution is 2.31. The molecule has 1 N–H and O–H groups in total. The Morgan fingerprint density at radius 1 is 1.15 bits per heavy atom. The van der Waals surface area contributed by atoms with Crippen LogP contribution in [0.4, 0.5) is 5.69 Å². The van der Waals surface area contributed by atoms with Crippen molar-refractivity contribution >= 4 is 21.6 Å². The van der Waals surface area contributed by atoms with E-state index in [-0.39, 0.29) is 16.8 Å². The molecule has 0 saturated carbocycles. The van der Waals surface area contributed by atoms with Crippen molar-refractivity contribution in [2.75, 3.05) is 11.4 Å². The number of benzene rings is 2. The van der Waals surface area contributed by atoms with Crippen molar-refractivity contribution in [2.24, 2.45) is 0 Å². The van der Waals surface area contributed by atoms with E-state index in [1.165, 1.54) is 5.56 Å². The van der Waals surface area contributed by atoms with Crippen molar-refractivity contribution in [1.82, 2.24) is 4.72 Å². The van der Waals surface area contributed by atoms with Crippen LogP contribution in [0.15, 0.2) is 47.4 Å². The fraction of sp³-hybridized carbons (Fsp3) is 0.381. The molecule has 5 nitrogen and oxygen atoms in total. The second-order valence-electron chi connectivity index (χ2n) is 6.88. The monoisotopic (exact) mass is 386 g/mol. The van der Waals surface area contributed by atoms with Crippen LogP contribution in [-0.4, -0.2) is 20.9 Å². The molecule has 0 bridgehead atoms. The molecule has 6 heteroatoms. The molecule has 27 heavy (non-hydrogen) atoms. The van der Waals surface area contributed by atoms with Gasteiger partial charge in [-0.05, 0) is 54.7 Å². The molecule has 0 aliphatic carbocycles. The lowest BCUT2D eigenvalue weighted by Crippen LogP contribution is -2.28. The zero-order valence-electron chi connectivity index (χ0n) is 16.0. The lowest BCUT2D eigenvalue weighted by atomic mass is 10.1. The summed E-state index contributed by atoms with van der Waals surface area (Å²) in [7, 11) is -3.64. The fourth-order valence-corrected chi connectivity index (χ4v) is 4.69. The predicted octanol–water partition coefficient (Wildman–Crippen LogP) is 3.59. The number of carbonyl (C=O) groups is 1. The van der Waals surface area contributed by atoms with Gasteiger partial charge in [-0.3, -0.25) is 4.79 Å². The summed E-state index contributed by atoms with van der Waals surface area (Å²) in [5, 5.41) is 0. The molecule has 1 aliphatic heterocycles. The summed E-state index contributed by atoms with van der Waals surface area (Å²) in [6.45, 7) is 6.37. The Morgan fingerprint density at radius 3 is 2.48 bits per heavy atom. The van der Waals surface area contributed by atoms with E-state index in [1.807, 2.05) is 38.1 Å². The van der Waals surface area contributed by atoms with Gasteiger partial charge in [-0.2, -0.15) is 0 Å². The van der Waals surface area contributed by atoms with Crippen molar-refractivity contribution in [3.8, 4) is 0 Å². The van der Waals surface area contributed by atoms with Crippen LogP contribution in [0, 0.1) is 0 Å². The zero-order valence-corrected chi connectivity index (χ0v) is 16.8. The van der Waals surface area contributed by atoms with E-state index in [2.05, 4.69) is 11.6 Å². The molecule has 0 fully saturated rings. The SMILES string of the molecule is CCC(=O)N1CCc2cc(S(=O)(=O)NC(C)c3ccc(CC)cc3)ccc21. The number of hydrogen-bond donors (Lipinski definition) is 1. The number of hydrogen-bond acceptors (Lipinski definition) is 3. The van der Waals surface area contributed by atoms with Gasteiger partial charge in [-0.15, -0.1) is 0 Å². The molecule has 3 rings (SSSR count). The highest BCUT2D eigenvalue weighted by molar-refractivity contribution is 7.89. The summed E-state index contributed by atoms with van der Waals surface area (Å²) in [6, 6.07) is 12.6. The third-order valence-electron chi connectivity index (χ3n) is 5.08. The van der Waals surface area contributed by atoms with Crippen LogP contribution in [0.3, 0.4) is 0 Å². The van der Waals surface area contributed by atoms with Gasteiger partial charge < -0.3 is 4.90 Å². The van der Waals surface area contributed by atoms with Crippen molar-refractivity contribution in [2.45, 2.75) is 51.0 Å². The molecule has 0 spiro atoms. The molecule has 1 amide bonds. The smallest absolute Gasteiger partial charge is 0.241 e. The molecule has 1 unspecified atom stereocenters. The number of nitrogens with zero attached hydrogens (tertiary/aromatic N) is 1. The largest absolute Gasteiger partial charge is 0.312 e. The van der Waals surface area contributed by atoms with Gasteiger partial charge in [0.15, 0.2) is 0 Å². The van der Waals surface area contributed by atoms with E-state index in [0.717, 1.165) is 23.2 Å². The summed E-state index contributed by atoms with van der Waals surface area (Å²) in [5.41, 5.74) is 3.87. The minimum Gasteiger partial charge on any atom is -0.312 e. The summed E-state index contributed by atoms with van der Waals surface area (Å²) in [4.78, 5) is 14.0. The van der Waals surface area contributed by atoms with E-state index in [9.17, 15) is 13.2 Å². The lowest BCUT2D eigenvalue weighted by Gasteiger charge is -2.18. The molecule has 2 aromatic rings. The standard InChI is InChI=1S/C21H26N2O3S/c1-4-16-6-8-17(9-7-16)15(3)22-27(25,26)19-10-11-20-18(14-19)12-13-23(20)21(24)5-2/h6-11,14-15,22H,4-5,12-13H2,1-3H3. The van der Waals surface area contributed by atoms with Gasteiger partial charge in [0, 0.05) is 24.7 Å². The number of nitrogens with one attached hydrogen (secondary N) is 1. The van der Waals surface area contributed by atoms with Crippen LogP contribution >= 0.6 is 0 Å². The Hall–Kier alpha value is -2.18. The molecule has 0 saturated heterocycles. The van der Waals surface area contributed by atoms with Crippen molar-refractivity contribution in [3.63, 3.8) is 0 Å². The molecule has 1 heterocycles.